The van der Waals surface area contributed by atoms with Crippen molar-refractivity contribution < 1.29 is 9.47 Å². The summed E-state index contributed by atoms with van der Waals surface area (Å²) in [5.74, 6) is 3.53. The van der Waals surface area contributed by atoms with Crippen molar-refractivity contribution in [2.24, 2.45) is 0 Å². The van der Waals surface area contributed by atoms with Crippen molar-refractivity contribution in [3.05, 3.63) is 324 Å². The molecule has 0 fully saturated rings. The number of para-hydroxylation sites is 4. The quantitative estimate of drug-likeness (QED) is 0.168. The molecule has 78 heavy (non-hydrogen) atoms. The van der Waals surface area contributed by atoms with E-state index in [1.165, 1.54) is 44.5 Å². The largest absolute Gasteiger partial charge is 0.457 e. The third-order valence-corrected chi connectivity index (χ3v) is 17.3. The minimum atomic E-state index is -0.620. The van der Waals surface area contributed by atoms with E-state index < -0.39 is 10.8 Å². The van der Waals surface area contributed by atoms with E-state index in [0.29, 0.717) is 0 Å². The van der Waals surface area contributed by atoms with Gasteiger partial charge in [-0.1, -0.05) is 212 Å². The summed E-state index contributed by atoms with van der Waals surface area (Å²) in [6.07, 6.45) is 0. The highest BCUT2D eigenvalue weighted by atomic mass is 32.1. The maximum absolute atomic E-state index is 6.74. The number of benzene rings is 12. The van der Waals surface area contributed by atoms with E-state index in [0.717, 1.165) is 101 Å². The Kier molecular flexibility index (Phi) is 9.85. The second-order valence-electron chi connectivity index (χ2n) is 20.8. The molecule has 2 spiro atoms. The molecule has 0 unspecified atom stereocenters. The van der Waals surface area contributed by atoms with Gasteiger partial charge in [-0.3, -0.25) is 0 Å². The minimum absolute atomic E-state index is 0.536. The van der Waals surface area contributed by atoms with Crippen LogP contribution in [0.25, 0.3) is 55.6 Å². The van der Waals surface area contributed by atoms with Crippen LogP contribution in [0.5, 0.6) is 23.0 Å². The van der Waals surface area contributed by atoms with Gasteiger partial charge in [-0.05, 0) is 139 Å². The lowest BCUT2D eigenvalue weighted by Crippen LogP contribution is -2.32. The van der Waals surface area contributed by atoms with E-state index in [-0.39, 0.29) is 0 Å². The summed E-state index contributed by atoms with van der Waals surface area (Å²) in [7, 11) is 0. The molecule has 0 N–H and O–H groups in total. The zero-order valence-corrected chi connectivity index (χ0v) is 43.2. The third-order valence-electron chi connectivity index (χ3n) is 16.9. The lowest BCUT2D eigenvalue weighted by Gasteiger charge is -2.39. The molecule has 0 aromatic heterocycles. The highest BCUT2D eigenvalue weighted by Crippen LogP contribution is 2.65. The van der Waals surface area contributed by atoms with Gasteiger partial charge in [-0.2, -0.15) is 0 Å². The van der Waals surface area contributed by atoms with Crippen LogP contribution < -0.4 is 14.4 Å². The summed E-state index contributed by atoms with van der Waals surface area (Å²) >= 11 is 5.02. The van der Waals surface area contributed by atoms with Gasteiger partial charge in [0.25, 0.3) is 0 Å². The lowest BCUT2D eigenvalue weighted by molar-refractivity contribution is 0.436. The predicted octanol–water partition coefficient (Wildman–Crippen LogP) is 19.4. The number of fused-ring (bicyclic) bond motifs is 18. The Bertz CT molecular complexity index is 4330. The minimum Gasteiger partial charge on any atom is -0.457 e. The zero-order chi connectivity index (χ0) is 51.5. The maximum atomic E-state index is 6.74. The smallest absolute Gasteiger partial charge is 0.132 e. The molecule has 0 radical (unpaired) electrons. The fraction of sp³-hybridized carbons (Fsp3) is 0.0270. The van der Waals surface area contributed by atoms with Gasteiger partial charge in [0.1, 0.15) is 23.0 Å². The molecule has 2 aliphatic heterocycles. The highest BCUT2D eigenvalue weighted by molar-refractivity contribution is 7.80. The van der Waals surface area contributed by atoms with Crippen LogP contribution in [0, 0.1) is 0 Å². The summed E-state index contributed by atoms with van der Waals surface area (Å²) in [6, 6.07) is 101. The summed E-state index contributed by atoms with van der Waals surface area (Å²) in [5.41, 5.74) is 23.3. The van der Waals surface area contributed by atoms with E-state index >= 15 is 0 Å². The first-order valence-corrected chi connectivity index (χ1v) is 27.1. The second kappa shape index (κ2) is 17.2. The van der Waals surface area contributed by atoms with Gasteiger partial charge in [0.2, 0.25) is 0 Å². The van der Waals surface area contributed by atoms with Crippen LogP contribution in [-0.2, 0) is 10.8 Å². The Hall–Kier alpha value is -9.61. The van der Waals surface area contributed by atoms with Gasteiger partial charge in [0.05, 0.1) is 16.5 Å². The molecule has 0 saturated carbocycles. The number of nitrogens with zero attached hydrogens (tertiary/aromatic N) is 1. The molecule has 0 bridgehead atoms. The van der Waals surface area contributed by atoms with Crippen molar-refractivity contribution in [2.75, 3.05) is 4.90 Å². The summed E-state index contributed by atoms with van der Waals surface area (Å²) in [4.78, 5) is 3.41. The number of hydrogen-bond acceptors (Lipinski definition) is 4. The zero-order valence-electron chi connectivity index (χ0n) is 42.3. The van der Waals surface area contributed by atoms with Gasteiger partial charge in [0, 0.05) is 44.1 Å². The van der Waals surface area contributed by atoms with Crippen LogP contribution in [0.15, 0.2) is 284 Å². The third kappa shape index (κ3) is 6.29. The maximum Gasteiger partial charge on any atom is 0.132 e. The molecule has 0 saturated heterocycles. The fourth-order valence-corrected chi connectivity index (χ4v) is 14.1. The Morgan fingerprint density at radius 3 is 1.35 bits per heavy atom. The number of rotatable bonds is 6. The Morgan fingerprint density at radius 2 is 0.718 bits per heavy atom. The van der Waals surface area contributed by atoms with Crippen molar-refractivity contribution in [2.45, 2.75) is 15.7 Å². The van der Waals surface area contributed by atoms with Crippen molar-refractivity contribution in [3.63, 3.8) is 0 Å². The van der Waals surface area contributed by atoms with E-state index in [4.69, 9.17) is 22.1 Å². The molecule has 4 aliphatic rings. The van der Waals surface area contributed by atoms with Gasteiger partial charge < -0.3 is 14.4 Å². The highest BCUT2D eigenvalue weighted by Gasteiger charge is 2.53. The van der Waals surface area contributed by atoms with Gasteiger partial charge in [0.15, 0.2) is 0 Å². The predicted molar refractivity (Wildman–Crippen MR) is 319 cm³/mol. The fourth-order valence-electron chi connectivity index (χ4n) is 13.7. The molecule has 2 heterocycles. The molecule has 0 atom stereocenters. The molecule has 12 aromatic rings. The first-order valence-electron chi connectivity index (χ1n) is 26.7. The topological polar surface area (TPSA) is 21.7 Å². The van der Waals surface area contributed by atoms with Crippen molar-refractivity contribution >= 4 is 29.7 Å². The van der Waals surface area contributed by atoms with E-state index in [1.54, 1.807) is 0 Å². The Balaban J connectivity index is 0.886. The molecular formula is C74H47NO2S. The first kappa shape index (κ1) is 44.7. The van der Waals surface area contributed by atoms with Gasteiger partial charge >= 0.3 is 0 Å². The van der Waals surface area contributed by atoms with E-state index in [1.807, 2.05) is 6.07 Å². The van der Waals surface area contributed by atoms with Crippen LogP contribution in [0.2, 0.25) is 0 Å². The summed E-state index contributed by atoms with van der Waals surface area (Å²) in [6.45, 7) is 0. The SMILES string of the molecule is Sc1cc(-c2ccc(N(c3cccc(-c4ccc5c(c4)-c4ccccc4C54c5ccccc5Oc5ccccc54)c3)c3cccc4c3-c3ccccc3C43c4ccccc4Oc4ccccc43)cc2)ccc1-c1ccccc1. The van der Waals surface area contributed by atoms with Gasteiger partial charge in [-0.25, -0.2) is 0 Å². The van der Waals surface area contributed by atoms with E-state index in [2.05, 4.69) is 278 Å². The molecule has 12 aromatic carbocycles. The summed E-state index contributed by atoms with van der Waals surface area (Å²) in [5, 5.41) is 0. The average molecular weight is 1010 g/mol. The van der Waals surface area contributed by atoms with Crippen molar-refractivity contribution in [1.29, 1.82) is 0 Å². The average Bonchev–Trinajstić information content (AvgIpc) is 3.27. The second-order valence-corrected chi connectivity index (χ2v) is 21.3. The standard InChI is InChI=1S/C74H47NO2S/c78-71-46-51(38-42-54(71)48-18-2-1-3-19-48)47-36-40-52(41-37-47)75(66-31-17-30-65-72(66)56-23-5-7-25-59(56)74(65)63-28-10-14-34-69(63)77-70-35-15-11-29-64(70)74)53-21-16-20-49(44-53)50-39-43-60-57(45-50)55-22-4-6-24-58(55)73(60)61-26-8-12-32-67(61)76-68-33-13-9-27-62(68)73/h1-46,78H. The van der Waals surface area contributed by atoms with Crippen LogP contribution in [-0.4, -0.2) is 0 Å². The number of thiol groups is 1. The molecule has 4 heteroatoms. The monoisotopic (exact) mass is 1010 g/mol. The Morgan fingerprint density at radius 1 is 0.269 bits per heavy atom. The van der Waals surface area contributed by atoms with Crippen LogP contribution in [0.4, 0.5) is 17.1 Å². The van der Waals surface area contributed by atoms with E-state index in [9.17, 15) is 0 Å². The van der Waals surface area contributed by atoms with Gasteiger partial charge in [-0.15, -0.1) is 12.6 Å². The number of hydrogen-bond donors (Lipinski definition) is 1. The van der Waals surface area contributed by atoms with Crippen LogP contribution >= 0.6 is 12.6 Å². The first-order chi connectivity index (χ1) is 38.6. The molecule has 2 aliphatic carbocycles. The lowest BCUT2D eigenvalue weighted by atomic mass is 9.66. The van der Waals surface area contributed by atoms with Crippen molar-refractivity contribution in [1.82, 2.24) is 0 Å². The number of anilines is 3. The normalized spacial score (nSPS) is 13.9. The molecule has 366 valence electrons. The Labute approximate surface area is 459 Å². The van der Waals surface area contributed by atoms with Crippen LogP contribution in [0.1, 0.15) is 44.5 Å². The summed E-state index contributed by atoms with van der Waals surface area (Å²) < 4.78 is 13.4. The number of ether oxygens (including phenoxy) is 2. The van der Waals surface area contributed by atoms with Crippen molar-refractivity contribution in [3.8, 4) is 78.6 Å². The molecule has 0 amide bonds. The molecular weight excluding hydrogens is 967 g/mol. The molecule has 16 rings (SSSR count). The molecule has 3 nitrogen and oxygen atoms in total. The van der Waals surface area contributed by atoms with Crippen LogP contribution in [0.3, 0.4) is 0 Å².